The van der Waals surface area contributed by atoms with Crippen LogP contribution in [0, 0.1) is 11.8 Å². The van der Waals surface area contributed by atoms with Gasteiger partial charge < -0.3 is 9.47 Å². The summed E-state index contributed by atoms with van der Waals surface area (Å²) < 4.78 is 10.3. The number of esters is 2. The van der Waals surface area contributed by atoms with E-state index in [4.69, 9.17) is 9.47 Å². The molecule has 0 amide bonds. The highest BCUT2D eigenvalue weighted by Crippen LogP contribution is 2.10. The van der Waals surface area contributed by atoms with E-state index in [9.17, 15) is 9.59 Å². The molecule has 1 unspecified atom stereocenters. The van der Waals surface area contributed by atoms with Crippen LogP contribution < -0.4 is 0 Å². The molecule has 21 heavy (non-hydrogen) atoms. The largest absolute Gasteiger partial charge is 0.462 e. The monoisotopic (exact) mass is 292 g/mol. The molecular formula is C17H24O4. The number of carbonyl (C=O) groups excluding carboxylic acids is 2. The third-order valence-electron chi connectivity index (χ3n) is 3.10. The average molecular weight is 292 g/mol. The quantitative estimate of drug-likeness (QED) is 0.719. The van der Waals surface area contributed by atoms with Gasteiger partial charge >= 0.3 is 11.9 Å². The Morgan fingerprint density at radius 3 is 1.71 bits per heavy atom. The Kier molecular flexibility index (Phi) is 6.92. The third kappa shape index (κ3) is 5.98. The van der Waals surface area contributed by atoms with E-state index in [0.29, 0.717) is 36.2 Å². The minimum atomic E-state index is -0.372. The predicted octanol–water partition coefficient (Wildman–Crippen LogP) is 3.70. The first-order chi connectivity index (χ1) is 9.93. The molecule has 1 aromatic carbocycles. The van der Waals surface area contributed by atoms with Crippen LogP contribution in [0.2, 0.25) is 0 Å². The first-order valence-electron chi connectivity index (χ1n) is 7.38. The van der Waals surface area contributed by atoms with Gasteiger partial charge in [0.1, 0.15) is 0 Å². The molecule has 0 radical (unpaired) electrons. The normalized spacial score (nSPS) is 12.0. The van der Waals surface area contributed by atoms with Crippen molar-refractivity contribution < 1.29 is 19.1 Å². The minimum Gasteiger partial charge on any atom is -0.462 e. The lowest BCUT2D eigenvalue weighted by atomic mass is 10.1. The van der Waals surface area contributed by atoms with Gasteiger partial charge in [-0.2, -0.15) is 0 Å². The lowest BCUT2D eigenvalue weighted by Crippen LogP contribution is -2.13. The second-order valence-corrected chi connectivity index (χ2v) is 5.68. The molecule has 0 aliphatic heterocycles. The van der Waals surface area contributed by atoms with E-state index < -0.39 is 0 Å². The van der Waals surface area contributed by atoms with Crippen molar-refractivity contribution in [1.29, 1.82) is 0 Å². The fourth-order valence-electron chi connectivity index (χ4n) is 1.49. The van der Waals surface area contributed by atoms with Gasteiger partial charge in [0.15, 0.2) is 0 Å². The molecule has 116 valence electrons. The molecular weight excluding hydrogens is 268 g/mol. The Bertz CT molecular complexity index is 462. The zero-order valence-electron chi connectivity index (χ0n) is 13.2. The van der Waals surface area contributed by atoms with Gasteiger partial charge in [-0.15, -0.1) is 0 Å². The third-order valence-corrected chi connectivity index (χ3v) is 3.10. The SMILES string of the molecule is CCC(C)COC(=O)c1ccc(C(=O)OCC(C)C)cc1. The fraction of sp³-hybridized carbons (Fsp3) is 0.529. The van der Waals surface area contributed by atoms with Gasteiger partial charge in [-0.05, 0) is 36.1 Å². The highest BCUT2D eigenvalue weighted by Gasteiger charge is 2.12. The summed E-state index contributed by atoms with van der Waals surface area (Å²) in [6.45, 7) is 8.83. The van der Waals surface area contributed by atoms with Gasteiger partial charge in [-0.25, -0.2) is 9.59 Å². The molecule has 0 N–H and O–H groups in total. The maximum atomic E-state index is 11.8. The van der Waals surface area contributed by atoms with E-state index in [1.807, 2.05) is 20.8 Å². The molecule has 0 spiro atoms. The molecule has 0 aromatic heterocycles. The summed E-state index contributed by atoms with van der Waals surface area (Å²) in [6.07, 6.45) is 0.966. The lowest BCUT2D eigenvalue weighted by molar-refractivity contribution is 0.0438. The highest BCUT2D eigenvalue weighted by molar-refractivity contribution is 5.93. The van der Waals surface area contributed by atoms with Crippen LogP contribution in [0.15, 0.2) is 24.3 Å². The Labute approximate surface area is 126 Å². The van der Waals surface area contributed by atoms with Crippen molar-refractivity contribution >= 4 is 11.9 Å². The Hall–Kier alpha value is -1.84. The summed E-state index contributed by atoms with van der Waals surface area (Å²) in [5.74, 6) is -0.0939. The van der Waals surface area contributed by atoms with E-state index >= 15 is 0 Å². The summed E-state index contributed by atoms with van der Waals surface area (Å²) in [4.78, 5) is 23.6. The van der Waals surface area contributed by atoms with Crippen LogP contribution >= 0.6 is 0 Å². The number of hydrogen-bond acceptors (Lipinski definition) is 4. The van der Waals surface area contributed by atoms with Gasteiger partial charge in [0.25, 0.3) is 0 Å². The second-order valence-electron chi connectivity index (χ2n) is 5.68. The van der Waals surface area contributed by atoms with Crippen molar-refractivity contribution in [2.24, 2.45) is 11.8 Å². The maximum absolute atomic E-state index is 11.8. The van der Waals surface area contributed by atoms with Crippen LogP contribution in [0.3, 0.4) is 0 Å². The summed E-state index contributed by atoms with van der Waals surface area (Å²) in [7, 11) is 0. The first-order valence-corrected chi connectivity index (χ1v) is 7.38. The average Bonchev–Trinajstić information content (AvgIpc) is 2.49. The number of benzene rings is 1. The zero-order chi connectivity index (χ0) is 15.8. The number of carbonyl (C=O) groups is 2. The molecule has 4 nitrogen and oxygen atoms in total. The lowest BCUT2D eigenvalue weighted by Gasteiger charge is -2.10. The second kappa shape index (κ2) is 8.45. The zero-order valence-corrected chi connectivity index (χ0v) is 13.2. The molecule has 1 rings (SSSR count). The smallest absolute Gasteiger partial charge is 0.338 e. The molecule has 0 aliphatic carbocycles. The van der Waals surface area contributed by atoms with Crippen LogP contribution in [0.25, 0.3) is 0 Å². The van der Waals surface area contributed by atoms with Gasteiger partial charge in [0.2, 0.25) is 0 Å². The standard InChI is InChI=1S/C17H24O4/c1-5-13(4)11-21-17(19)15-8-6-14(7-9-15)16(18)20-10-12(2)3/h6-9,12-13H,5,10-11H2,1-4H3. The van der Waals surface area contributed by atoms with Gasteiger partial charge in [0, 0.05) is 0 Å². The van der Waals surface area contributed by atoms with Crippen molar-refractivity contribution in [1.82, 2.24) is 0 Å². The van der Waals surface area contributed by atoms with Crippen LogP contribution in [0.5, 0.6) is 0 Å². The topological polar surface area (TPSA) is 52.6 Å². The predicted molar refractivity (Wildman–Crippen MR) is 81.3 cm³/mol. The van der Waals surface area contributed by atoms with Crippen LogP contribution in [-0.2, 0) is 9.47 Å². The molecule has 1 aromatic rings. The fourth-order valence-corrected chi connectivity index (χ4v) is 1.49. The Morgan fingerprint density at radius 1 is 0.905 bits per heavy atom. The molecule has 4 heteroatoms. The number of ether oxygens (including phenoxy) is 2. The maximum Gasteiger partial charge on any atom is 0.338 e. The number of rotatable bonds is 7. The van der Waals surface area contributed by atoms with Crippen molar-refractivity contribution in [2.75, 3.05) is 13.2 Å². The molecule has 0 saturated carbocycles. The first kappa shape index (κ1) is 17.2. The van der Waals surface area contributed by atoms with Gasteiger partial charge in [0.05, 0.1) is 24.3 Å². The molecule has 0 aliphatic rings. The van der Waals surface area contributed by atoms with Crippen LogP contribution in [0.1, 0.15) is 54.8 Å². The van der Waals surface area contributed by atoms with Crippen LogP contribution in [-0.4, -0.2) is 25.2 Å². The summed E-state index contributed by atoms with van der Waals surface area (Å²) >= 11 is 0. The van der Waals surface area contributed by atoms with Crippen molar-refractivity contribution in [3.8, 4) is 0 Å². The summed E-state index contributed by atoms with van der Waals surface area (Å²) in [6, 6.07) is 6.35. The van der Waals surface area contributed by atoms with Gasteiger partial charge in [-0.3, -0.25) is 0 Å². The summed E-state index contributed by atoms with van der Waals surface area (Å²) in [5, 5.41) is 0. The minimum absolute atomic E-state index is 0.295. The molecule has 0 fully saturated rings. The van der Waals surface area contributed by atoms with E-state index in [0.717, 1.165) is 6.42 Å². The molecule has 0 saturated heterocycles. The van der Waals surface area contributed by atoms with Crippen LogP contribution in [0.4, 0.5) is 0 Å². The van der Waals surface area contributed by atoms with Crippen molar-refractivity contribution in [3.05, 3.63) is 35.4 Å². The number of hydrogen-bond donors (Lipinski definition) is 0. The van der Waals surface area contributed by atoms with E-state index in [1.165, 1.54) is 0 Å². The molecule has 0 bridgehead atoms. The van der Waals surface area contributed by atoms with E-state index in [2.05, 4.69) is 6.92 Å². The van der Waals surface area contributed by atoms with Crippen molar-refractivity contribution in [2.45, 2.75) is 34.1 Å². The highest BCUT2D eigenvalue weighted by atomic mass is 16.5. The van der Waals surface area contributed by atoms with Crippen molar-refractivity contribution in [3.63, 3.8) is 0 Å². The Morgan fingerprint density at radius 2 is 1.33 bits per heavy atom. The Balaban J connectivity index is 2.57. The summed E-state index contributed by atoms with van der Waals surface area (Å²) in [5.41, 5.74) is 0.882. The van der Waals surface area contributed by atoms with E-state index in [1.54, 1.807) is 24.3 Å². The van der Waals surface area contributed by atoms with Gasteiger partial charge in [-0.1, -0.05) is 34.1 Å². The molecule has 0 heterocycles. The van der Waals surface area contributed by atoms with E-state index in [-0.39, 0.29) is 11.9 Å². The molecule has 1 atom stereocenters.